The number of nitrogens with one attached hydrogen (secondary N) is 3. The third kappa shape index (κ3) is 4.21. The van der Waals surface area contributed by atoms with Gasteiger partial charge in [0.25, 0.3) is 0 Å². The topological polar surface area (TPSA) is 107 Å². The van der Waals surface area contributed by atoms with Gasteiger partial charge in [-0.2, -0.15) is 5.10 Å². The maximum Gasteiger partial charge on any atom is 0.249 e. The number of benzene rings is 2. The van der Waals surface area contributed by atoms with Crippen LogP contribution >= 0.6 is 0 Å². The number of nitrogens with zero attached hydrogens (tertiary/aromatic N) is 1. The highest BCUT2D eigenvalue weighted by atomic mass is 16.3. The standard InChI is InChI=1S/C18H18N4O3/c23-11-16(21-17(24)8-12-4-2-1-3-5-12)18(25)20-14-7-6-13-10-19-22-15(13)9-14/h1-7,9-10,16,23H,8,11H2,(H,19,22)(H,20,25)(H,21,24). The number of hydrogen-bond acceptors (Lipinski definition) is 4. The second-order valence-electron chi connectivity index (χ2n) is 5.63. The average molecular weight is 338 g/mol. The number of aliphatic hydroxyl groups is 1. The number of rotatable bonds is 6. The van der Waals surface area contributed by atoms with E-state index in [4.69, 9.17) is 0 Å². The molecule has 1 atom stereocenters. The molecule has 0 spiro atoms. The number of aromatic nitrogens is 2. The molecule has 0 saturated heterocycles. The highest BCUT2D eigenvalue weighted by Crippen LogP contribution is 2.16. The maximum absolute atomic E-state index is 12.3. The molecule has 3 aromatic rings. The molecule has 3 rings (SSSR count). The van der Waals surface area contributed by atoms with Crippen LogP contribution in [0.1, 0.15) is 5.56 Å². The summed E-state index contributed by atoms with van der Waals surface area (Å²) in [5.74, 6) is -0.813. The number of aliphatic hydroxyl groups excluding tert-OH is 1. The first-order chi connectivity index (χ1) is 12.2. The molecule has 0 aliphatic rings. The molecule has 1 heterocycles. The van der Waals surface area contributed by atoms with Crippen molar-refractivity contribution < 1.29 is 14.7 Å². The number of fused-ring (bicyclic) bond motifs is 1. The summed E-state index contributed by atoms with van der Waals surface area (Å²) >= 11 is 0. The molecular formula is C18H18N4O3. The predicted octanol–water partition coefficient (Wildman–Crippen LogP) is 1.22. The third-order valence-corrected chi connectivity index (χ3v) is 3.75. The predicted molar refractivity (Wildman–Crippen MR) is 93.9 cm³/mol. The fourth-order valence-corrected chi connectivity index (χ4v) is 2.46. The smallest absolute Gasteiger partial charge is 0.249 e. The summed E-state index contributed by atoms with van der Waals surface area (Å²) in [4.78, 5) is 24.4. The maximum atomic E-state index is 12.3. The van der Waals surface area contributed by atoms with Crippen LogP contribution in [-0.2, 0) is 16.0 Å². The number of H-pyrrole nitrogens is 1. The van der Waals surface area contributed by atoms with Crippen LogP contribution in [-0.4, -0.2) is 39.8 Å². The van der Waals surface area contributed by atoms with E-state index in [0.717, 1.165) is 16.5 Å². The number of amides is 2. The molecule has 4 N–H and O–H groups in total. The van der Waals surface area contributed by atoms with Crippen LogP contribution in [0.4, 0.5) is 5.69 Å². The molecule has 7 heteroatoms. The lowest BCUT2D eigenvalue weighted by atomic mass is 10.1. The summed E-state index contributed by atoms with van der Waals surface area (Å²) in [6.45, 7) is -0.487. The fourth-order valence-electron chi connectivity index (χ4n) is 2.46. The van der Waals surface area contributed by atoms with Gasteiger partial charge >= 0.3 is 0 Å². The molecule has 2 amide bonds. The lowest BCUT2D eigenvalue weighted by Gasteiger charge is -2.16. The molecular weight excluding hydrogens is 320 g/mol. The van der Waals surface area contributed by atoms with Crippen LogP contribution in [0.2, 0.25) is 0 Å². The van der Waals surface area contributed by atoms with Gasteiger partial charge in [0.05, 0.1) is 24.7 Å². The summed E-state index contributed by atoms with van der Waals surface area (Å²) in [5, 5.41) is 22.3. The monoisotopic (exact) mass is 338 g/mol. The minimum Gasteiger partial charge on any atom is -0.394 e. The van der Waals surface area contributed by atoms with Crippen LogP contribution in [0.15, 0.2) is 54.7 Å². The zero-order valence-corrected chi connectivity index (χ0v) is 13.4. The van der Waals surface area contributed by atoms with Crippen molar-refractivity contribution in [2.45, 2.75) is 12.5 Å². The summed E-state index contributed by atoms with van der Waals surface area (Å²) in [5.41, 5.74) is 2.17. The van der Waals surface area contributed by atoms with Gasteiger partial charge in [-0.25, -0.2) is 0 Å². The van der Waals surface area contributed by atoms with E-state index in [1.807, 2.05) is 36.4 Å². The van der Waals surface area contributed by atoms with Crippen molar-refractivity contribution in [2.75, 3.05) is 11.9 Å². The molecule has 0 saturated carbocycles. The van der Waals surface area contributed by atoms with Crippen LogP contribution in [0.3, 0.4) is 0 Å². The summed E-state index contributed by atoms with van der Waals surface area (Å²) in [7, 11) is 0. The van der Waals surface area contributed by atoms with Crippen molar-refractivity contribution in [3.05, 3.63) is 60.3 Å². The Hall–Kier alpha value is -3.19. The van der Waals surface area contributed by atoms with Gasteiger partial charge in [-0.1, -0.05) is 30.3 Å². The Bertz CT molecular complexity index is 876. The number of aromatic amines is 1. The molecule has 0 radical (unpaired) electrons. The van der Waals surface area contributed by atoms with E-state index in [1.165, 1.54) is 0 Å². The van der Waals surface area contributed by atoms with Crippen molar-refractivity contribution in [3.63, 3.8) is 0 Å². The van der Waals surface area contributed by atoms with E-state index < -0.39 is 18.6 Å². The second kappa shape index (κ2) is 7.59. The van der Waals surface area contributed by atoms with Crippen molar-refractivity contribution >= 4 is 28.4 Å². The van der Waals surface area contributed by atoms with Gasteiger partial charge in [-0.15, -0.1) is 0 Å². The molecule has 0 bridgehead atoms. The number of carbonyl (C=O) groups is 2. The molecule has 1 unspecified atom stereocenters. The molecule has 2 aromatic carbocycles. The van der Waals surface area contributed by atoms with Gasteiger partial charge in [0, 0.05) is 11.1 Å². The zero-order valence-electron chi connectivity index (χ0n) is 13.4. The number of hydrogen-bond donors (Lipinski definition) is 4. The molecule has 0 aliphatic heterocycles. The summed E-state index contributed by atoms with van der Waals surface area (Å²) in [6.07, 6.45) is 1.83. The quantitative estimate of drug-likeness (QED) is 0.542. The normalized spacial score (nSPS) is 11.9. The highest BCUT2D eigenvalue weighted by molar-refractivity contribution is 5.98. The van der Waals surface area contributed by atoms with Crippen molar-refractivity contribution in [1.29, 1.82) is 0 Å². The third-order valence-electron chi connectivity index (χ3n) is 3.75. The van der Waals surface area contributed by atoms with E-state index in [1.54, 1.807) is 18.3 Å². The first kappa shape index (κ1) is 16.7. The van der Waals surface area contributed by atoms with Gasteiger partial charge in [0.2, 0.25) is 11.8 Å². The summed E-state index contributed by atoms with van der Waals surface area (Å²) < 4.78 is 0. The second-order valence-corrected chi connectivity index (χ2v) is 5.63. The Kier molecular flexibility index (Phi) is 5.06. The van der Waals surface area contributed by atoms with E-state index >= 15 is 0 Å². The largest absolute Gasteiger partial charge is 0.394 e. The molecule has 7 nitrogen and oxygen atoms in total. The van der Waals surface area contributed by atoms with Crippen molar-refractivity contribution in [3.8, 4) is 0 Å². The van der Waals surface area contributed by atoms with Crippen LogP contribution in [0.5, 0.6) is 0 Å². The van der Waals surface area contributed by atoms with Crippen molar-refractivity contribution in [2.24, 2.45) is 0 Å². The van der Waals surface area contributed by atoms with E-state index in [-0.39, 0.29) is 12.3 Å². The zero-order chi connectivity index (χ0) is 17.6. The Morgan fingerprint density at radius 1 is 1.16 bits per heavy atom. The van der Waals surface area contributed by atoms with E-state index in [0.29, 0.717) is 5.69 Å². The Morgan fingerprint density at radius 3 is 2.72 bits per heavy atom. The molecule has 0 fully saturated rings. The Morgan fingerprint density at radius 2 is 1.96 bits per heavy atom. The first-order valence-electron chi connectivity index (χ1n) is 7.84. The lowest BCUT2D eigenvalue weighted by molar-refractivity contribution is -0.126. The van der Waals surface area contributed by atoms with Crippen LogP contribution < -0.4 is 10.6 Å². The Balaban J connectivity index is 1.61. The Labute approximate surface area is 144 Å². The van der Waals surface area contributed by atoms with Crippen molar-refractivity contribution in [1.82, 2.24) is 15.5 Å². The molecule has 25 heavy (non-hydrogen) atoms. The van der Waals surface area contributed by atoms with Gasteiger partial charge < -0.3 is 15.7 Å². The SMILES string of the molecule is O=C(Cc1ccccc1)NC(CO)C(=O)Nc1ccc2cn[nH]c2c1. The summed E-state index contributed by atoms with van der Waals surface area (Å²) in [6, 6.07) is 13.5. The lowest BCUT2D eigenvalue weighted by Crippen LogP contribution is -2.46. The van der Waals surface area contributed by atoms with E-state index in [9.17, 15) is 14.7 Å². The fraction of sp³-hybridized carbons (Fsp3) is 0.167. The first-order valence-corrected chi connectivity index (χ1v) is 7.84. The number of carbonyl (C=O) groups excluding carboxylic acids is 2. The molecule has 128 valence electrons. The van der Waals surface area contributed by atoms with E-state index in [2.05, 4.69) is 20.8 Å². The molecule has 0 aliphatic carbocycles. The van der Waals surface area contributed by atoms with Gasteiger partial charge in [0.15, 0.2) is 0 Å². The number of anilines is 1. The van der Waals surface area contributed by atoms with Gasteiger partial charge in [0.1, 0.15) is 6.04 Å². The average Bonchev–Trinajstić information content (AvgIpc) is 3.08. The minimum absolute atomic E-state index is 0.144. The van der Waals surface area contributed by atoms with Gasteiger partial charge in [-0.05, 0) is 23.8 Å². The minimum atomic E-state index is -1.02. The highest BCUT2D eigenvalue weighted by Gasteiger charge is 2.20. The molecule has 1 aromatic heterocycles. The van der Waals surface area contributed by atoms with Gasteiger partial charge in [-0.3, -0.25) is 14.7 Å². The van der Waals surface area contributed by atoms with Crippen LogP contribution in [0.25, 0.3) is 10.9 Å². The van der Waals surface area contributed by atoms with Crippen LogP contribution in [0, 0.1) is 0 Å².